The van der Waals surface area contributed by atoms with Gasteiger partial charge in [-0.15, -0.1) is 0 Å². The van der Waals surface area contributed by atoms with Crippen LogP contribution in [0, 0.1) is 0 Å². The first-order valence-electron chi connectivity index (χ1n) is 10.6. The zero-order valence-corrected chi connectivity index (χ0v) is 17.9. The van der Waals surface area contributed by atoms with Crippen molar-refractivity contribution in [1.82, 2.24) is 0 Å². The van der Waals surface area contributed by atoms with Gasteiger partial charge in [0.25, 0.3) is 0 Å². The van der Waals surface area contributed by atoms with Gasteiger partial charge in [0.05, 0.1) is 18.8 Å². The lowest BCUT2D eigenvalue weighted by Gasteiger charge is -2.35. The fraction of sp³-hybridized carbons (Fsp3) is 0.269. The Morgan fingerprint density at radius 1 is 0.903 bits per heavy atom. The maximum atomic E-state index is 11.1. The monoisotopic (exact) mass is 418 g/mol. The summed E-state index contributed by atoms with van der Waals surface area (Å²) < 4.78 is 5.68. The van der Waals surface area contributed by atoms with Gasteiger partial charge in [0.15, 0.2) is 0 Å². The van der Waals surface area contributed by atoms with Crippen LogP contribution in [0.1, 0.15) is 36.4 Å². The standard InChI is InChI=1S/C26H30N2O3/c1-31-24-18-9-8-17-23(24)28(19-11-10-16-22(27)26(29)30)25(20-12-4-2-5-13-20)21-14-6-3-7-15-21/h2-9,12-15,17-18,22,25H,10-11,16,19,27H2,1H3,(H,29,30)/t22-/m1/s1. The quantitative estimate of drug-likeness (QED) is 0.434. The van der Waals surface area contributed by atoms with E-state index in [9.17, 15) is 4.79 Å². The van der Waals surface area contributed by atoms with E-state index in [1.807, 2.05) is 30.3 Å². The molecule has 0 aliphatic heterocycles. The predicted octanol–water partition coefficient (Wildman–Crippen LogP) is 4.87. The second-order valence-electron chi connectivity index (χ2n) is 7.53. The SMILES string of the molecule is COc1ccccc1N(CCCC[C@@H](N)C(=O)O)C(c1ccccc1)c1ccccc1. The summed E-state index contributed by atoms with van der Waals surface area (Å²) in [5, 5.41) is 9.07. The molecule has 5 nitrogen and oxygen atoms in total. The van der Waals surface area contributed by atoms with Crippen LogP contribution >= 0.6 is 0 Å². The summed E-state index contributed by atoms with van der Waals surface area (Å²) in [7, 11) is 1.68. The Morgan fingerprint density at radius 3 is 2.00 bits per heavy atom. The van der Waals surface area contributed by atoms with Crippen molar-refractivity contribution >= 4 is 11.7 Å². The Balaban J connectivity index is 1.97. The van der Waals surface area contributed by atoms with Crippen LogP contribution < -0.4 is 15.4 Å². The maximum absolute atomic E-state index is 11.1. The van der Waals surface area contributed by atoms with Crippen LogP contribution in [-0.4, -0.2) is 30.8 Å². The number of benzene rings is 3. The van der Waals surface area contributed by atoms with E-state index in [1.54, 1.807) is 7.11 Å². The van der Waals surface area contributed by atoms with Crippen molar-refractivity contribution in [2.45, 2.75) is 31.3 Å². The number of ether oxygens (including phenoxy) is 1. The smallest absolute Gasteiger partial charge is 0.320 e. The largest absolute Gasteiger partial charge is 0.495 e. The van der Waals surface area contributed by atoms with Gasteiger partial charge >= 0.3 is 5.97 Å². The third-order valence-corrected chi connectivity index (χ3v) is 5.42. The molecule has 3 rings (SSSR count). The summed E-state index contributed by atoms with van der Waals surface area (Å²) in [6.45, 7) is 0.737. The number of hydrogen-bond donors (Lipinski definition) is 2. The van der Waals surface area contributed by atoms with E-state index in [2.05, 4.69) is 59.5 Å². The third-order valence-electron chi connectivity index (χ3n) is 5.42. The normalized spacial score (nSPS) is 11.8. The number of nitrogens with zero attached hydrogens (tertiary/aromatic N) is 1. The Labute approximate surface area is 184 Å². The van der Waals surface area contributed by atoms with Crippen molar-refractivity contribution in [3.63, 3.8) is 0 Å². The highest BCUT2D eigenvalue weighted by Crippen LogP contribution is 2.38. The van der Waals surface area contributed by atoms with Crippen LogP contribution in [0.15, 0.2) is 84.9 Å². The number of nitrogens with two attached hydrogens (primary N) is 1. The molecule has 0 aliphatic rings. The van der Waals surface area contributed by atoms with E-state index < -0.39 is 12.0 Å². The summed E-state index contributed by atoms with van der Waals surface area (Å²) in [6, 6.07) is 28.0. The number of aliphatic carboxylic acids is 1. The zero-order chi connectivity index (χ0) is 22.1. The zero-order valence-electron chi connectivity index (χ0n) is 17.9. The number of carboxylic acid groups (broad SMARTS) is 1. The lowest BCUT2D eigenvalue weighted by molar-refractivity contribution is -0.138. The molecule has 1 atom stereocenters. The number of carbonyl (C=O) groups is 1. The predicted molar refractivity (Wildman–Crippen MR) is 125 cm³/mol. The molecule has 31 heavy (non-hydrogen) atoms. The molecule has 3 aromatic carbocycles. The van der Waals surface area contributed by atoms with Gasteiger partial charge in [-0.05, 0) is 42.5 Å². The minimum Gasteiger partial charge on any atom is -0.495 e. The molecular formula is C26H30N2O3. The second kappa shape index (κ2) is 11.2. The third kappa shape index (κ3) is 5.86. The molecular weight excluding hydrogens is 388 g/mol. The number of rotatable bonds is 11. The molecule has 0 unspecified atom stereocenters. The fourth-order valence-electron chi connectivity index (χ4n) is 3.85. The van der Waals surface area contributed by atoms with Crippen molar-refractivity contribution < 1.29 is 14.6 Å². The van der Waals surface area contributed by atoms with Crippen LogP contribution in [0.5, 0.6) is 5.75 Å². The molecule has 0 fully saturated rings. The summed E-state index contributed by atoms with van der Waals surface area (Å²) in [5.41, 5.74) is 9.07. The minimum atomic E-state index is -0.951. The number of carboxylic acids is 1. The highest BCUT2D eigenvalue weighted by Gasteiger charge is 2.25. The van der Waals surface area contributed by atoms with Crippen LogP contribution in [-0.2, 0) is 4.79 Å². The van der Waals surface area contributed by atoms with Crippen LogP contribution in [0.2, 0.25) is 0 Å². The maximum Gasteiger partial charge on any atom is 0.320 e. The van der Waals surface area contributed by atoms with Crippen LogP contribution in [0.3, 0.4) is 0 Å². The van der Waals surface area contributed by atoms with E-state index in [4.69, 9.17) is 15.6 Å². The second-order valence-corrected chi connectivity index (χ2v) is 7.53. The number of anilines is 1. The van der Waals surface area contributed by atoms with Crippen molar-refractivity contribution in [3.8, 4) is 5.75 Å². The van der Waals surface area contributed by atoms with E-state index in [1.165, 1.54) is 11.1 Å². The molecule has 0 amide bonds. The van der Waals surface area contributed by atoms with Gasteiger partial charge in [-0.25, -0.2) is 0 Å². The number of methoxy groups -OCH3 is 1. The summed E-state index contributed by atoms with van der Waals surface area (Å²) >= 11 is 0. The Hall–Kier alpha value is -3.31. The van der Waals surface area contributed by atoms with Gasteiger partial charge in [-0.3, -0.25) is 4.79 Å². The molecule has 0 saturated heterocycles. The molecule has 0 heterocycles. The van der Waals surface area contributed by atoms with Gasteiger partial charge in [0.2, 0.25) is 0 Å². The number of hydrogen-bond acceptors (Lipinski definition) is 4. The van der Waals surface area contributed by atoms with E-state index in [0.717, 1.165) is 30.8 Å². The summed E-state index contributed by atoms with van der Waals surface area (Å²) in [5.74, 6) is -0.144. The molecule has 0 spiro atoms. The summed E-state index contributed by atoms with van der Waals surface area (Å²) in [6.07, 6.45) is 2.00. The highest BCUT2D eigenvalue weighted by atomic mass is 16.5. The number of para-hydroxylation sites is 2. The first-order chi connectivity index (χ1) is 15.1. The van der Waals surface area contributed by atoms with Crippen molar-refractivity contribution in [2.24, 2.45) is 5.73 Å². The van der Waals surface area contributed by atoms with Crippen molar-refractivity contribution in [2.75, 3.05) is 18.6 Å². The Kier molecular flexibility index (Phi) is 8.07. The first-order valence-corrected chi connectivity index (χ1v) is 10.6. The first kappa shape index (κ1) is 22.4. The van der Waals surface area contributed by atoms with E-state index in [-0.39, 0.29) is 6.04 Å². The molecule has 0 saturated carbocycles. The molecule has 0 aromatic heterocycles. The highest BCUT2D eigenvalue weighted by molar-refractivity contribution is 5.72. The summed E-state index contributed by atoms with van der Waals surface area (Å²) in [4.78, 5) is 13.4. The number of unbranched alkanes of at least 4 members (excludes halogenated alkanes) is 1. The average Bonchev–Trinajstić information content (AvgIpc) is 2.82. The minimum absolute atomic E-state index is 0.00755. The molecule has 162 valence electrons. The fourth-order valence-corrected chi connectivity index (χ4v) is 3.85. The van der Waals surface area contributed by atoms with Gasteiger partial charge < -0.3 is 20.5 Å². The Morgan fingerprint density at radius 2 is 1.45 bits per heavy atom. The lowest BCUT2D eigenvalue weighted by atomic mass is 9.95. The molecule has 3 N–H and O–H groups in total. The van der Waals surface area contributed by atoms with Crippen molar-refractivity contribution in [1.29, 1.82) is 0 Å². The van der Waals surface area contributed by atoms with E-state index in [0.29, 0.717) is 6.42 Å². The van der Waals surface area contributed by atoms with E-state index >= 15 is 0 Å². The van der Waals surface area contributed by atoms with Crippen molar-refractivity contribution in [3.05, 3.63) is 96.1 Å². The van der Waals surface area contributed by atoms with Gasteiger partial charge in [-0.2, -0.15) is 0 Å². The van der Waals surface area contributed by atoms with Gasteiger partial charge in [0, 0.05) is 6.54 Å². The topological polar surface area (TPSA) is 75.8 Å². The van der Waals surface area contributed by atoms with Gasteiger partial charge in [0.1, 0.15) is 11.8 Å². The van der Waals surface area contributed by atoms with Crippen LogP contribution in [0.4, 0.5) is 5.69 Å². The Bertz CT molecular complexity index is 908. The molecule has 0 bridgehead atoms. The molecule has 0 radical (unpaired) electrons. The average molecular weight is 419 g/mol. The molecule has 0 aliphatic carbocycles. The molecule has 5 heteroatoms. The van der Waals surface area contributed by atoms with Gasteiger partial charge in [-0.1, -0.05) is 72.8 Å². The molecule has 3 aromatic rings. The van der Waals surface area contributed by atoms with Crippen LogP contribution in [0.25, 0.3) is 0 Å². The lowest BCUT2D eigenvalue weighted by Crippen LogP contribution is -2.32.